The largest absolute Gasteiger partial charge is 0.370 e. The number of anilines is 2. The molecule has 0 unspecified atom stereocenters. The molecule has 2 heterocycles. The van der Waals surface area contributed by atoms with E-state index in [1.807, 2.05) is 0 Å². The van der Waals surface area contributed by atoms with E-state index in [2.05, 4.69) is 20.6 Å². The van der Waals surface area contributed by atoms with E-state index in [9.17, 15) is 26.4 Å². The lowest BCUT2D eigenvalue weighted by molar-refractivity contribution is -0.141. The number of nitrogens with zero attached hydrogens (tertiary/aromatic N) is 4. The number of nitrogens with one attached hydrogen (secondary N) is 2. The first-order chi connectivity index (χ1) is 20.7. The van der Waals surface area contributed by atoms with Crippen molar-refractivity contribution in [1.29, 1.82) is 0 Å². The third kappa shape index (κ3) is 8.57. The Labute approximate surface area is 256 Å². The fraction of sp³-hybridized carbons (Fsp3) is 0.357. The third-order valence-corrected chi connectivity index (χ3v) is 8.68. The van der Waals surface area contributed by atoms with E-state index < -0.39 is 31.6 Å². The molecule has 0 saturated carbocycles. The quantitative estimate of drug-likeness (QED) is 0.247. The highest BCUT2D eigenvalue weighted by Gasteiger charge is 2.25. The predicted molar refractivity (Wildman–Crippen MR) is 165 cm³/mol. The van der Waals surface area contributed by atoms with Crippen molar-refractivity contribution in [2.45, 2.75) is 23.6 Å². The highest BCUT2D eigenvalue weighted by atomic mass is 32.2. The molecule has 2 N–H and O–H groups in total. The Bertz CT molecular complexity index is 1630. The lowest BCUT2D eigenvalue weighted by Crippen LogP contribution is -2.38. The molecule has 0 atom stereocenters. The second-order valence-electron chi connectivity index (χ2n) is 10.2. The SMILES string of the molecule is Cc1ccc(S(C)(=O)=O)c(N(CC2=NCCN2)OC(=O)/C=C/C(=O)ON(CC2=NCCN2)c2cc(C)ccc2S(C)(=O)=O)c1. The number of benzene rings is 2. The molecule has 44 heavy (non-hydrogen) atoms. The summed E-state index contributed by atoms with van der Waals surface area (Å²) in [4.78, 5) is 45.3. The van der Waals surface area contributed by atoms with Crippen molar-refractivity contribution in [3.63, 3.8) is 0 Å². The van der Waals surface area contributed by atoms with Crippen LogP contribution in [-0.2, 0) is 38.9 Å². The lowest BCUT2D eigenvalue weighted by atomic mass is 10.2. The maximum atomic E-state index is 12.9. The molecule has 4 rings (SSSR count). The van der Waals surface area contributed by atoms with Crippen LogP contribution in [0.3, 0.4) is 0 Å². The molecule has 2 aliphatic rings. The van der Waals surface area contributed by atoms with Crippen LogP contribution < -0.4 is 20.8 Å². The van der Waals surface area contributed by atoms with Gasteiger partial charge >= 0.3 is 11.9 Å². The second kappa shape index (κ2) is 13.5. The molecule has 0 amide bonds. The molecule has 2 aliphatic heterocycles. The summed E-state index contributed by atoms with van der Waals surface area (Å²) in [6.45, 7) is 5.57. The first-order valence-corrected chi connectivity index (χ1v) is 17.3. The van der Waals surface area contributed by atoms with Crippen molar-refractivity contribution >= 4 is 54.7 Å². The van der Waals surface area contributed by atoms with Gasteiger partial charge in [-0.1, -0.05) is 12.1 Å². The minimum absolute atomic E-state index is 0.0585. The van der Waals surface area contributed by atoms with Crippen molar-refractivity contribution in [2.75, 3.05) is 61.9 Å². The van der Waals surface area contributed by atoms with Crippen LogP contribution in [0.4, 0.5) is 11.4 Å². The molecule has 2 aromatic carbocycles. The Balaban J connectivity index is 1.57. The van der Waals surface area contributed by atoms with Gasteiger partial charge in [-0.3, -0.25) is 9.98 Å². The van der Waals surface area contributed by atoms with Crippen LogP contribution in [0, 0.1) is 13.8 Å². The number of carbonyl (C=O) groups excluding carboxylic acids is 2. The van der Waals surface area contributed by atoms with Gasteiger partial charge in [0.15, 0.2) is 19.7 Å². The maximum Gasteiger partial charge on any atom is 0.356 e. The standard InChI is InChI=1S/C28H34N6O8S2/c1-19-5-7-23(43(3,37)38)21(15-19)33(17-25-29-11-12-30-25)41-27(35)9-10-28(36)42-34(18-26-31-13-14-32-26)22-16-20(2)6-8-24(22)44(4,39)40/h5-10,15-16H,11-14,17-18H2,1-4H3,(H,29,30)(H,31,32)/b10-9+. The van der Waals surface area contributed by atoms with Crippen molar-refractivity contribution in [3.05, 3.63) is 59.7 Å². The molecular weight excluding hydrogens is 612 g/mol. The van der Waals surface area contributed by atoms with Crippen molar-refractivity contribution < 1.29 is 36.1 Å². The van der Waals surface area contributed by atoms with E-state index in [-0.39, 0.29) is 34.3 Å². The molecular formula is C28H34N6O8S2. The first kappa shape index (κ1) is 32.5. The Hall–Kier alpha value is -4.44. The Morgan fingerprint density at radius 3 is 1.45 bits per heavy atom. The fourth-order valence-electron chi connectivity index (χ4n) is 4.40. The van der Waals surface area contributed by atoms with Gasteiger partial charge < -0.3 is 20.3 Å². The predicted octanol–water partition coefficient (Wildman–Crippen LogP) is 0.899. The molecule has 0 aromatic heterocycles. The van der Waals surface area contributed by atoms with Crippen LogP contribution in [0.5, 0.6) is 0 Å². The van der Waals surface area contributed by atoms with Gasteiger partial charge in [-0.25, -0.2) is 26.4 Å². The summed E-state index contributed by atoms with van der Waals surface area (Å²) >= 11 is 0. The zero-order valence-corrected chi connectivity index (χ0v) is 26.4. The highest BCUT2D eigenvalue weighted by molar-refractivity contribution is 7.91. The molecule has 0 saturated heterocycles. The molecule has 236 valence electrons. The highest BCUT2D eigenvalue weighted by Crippen LogP contribution is 2.28. The van der Waals surface area contributed by atoms with Gasteiger partial charge in [-0.15, -0.1) is 0 Å². The topological polar surface area (TPSA) is 176 Å². The summed E-state index contributed by atoms with van der Waals surface area (Å²) in [6.07, 6.45) is 3.74. The molecule has 2 aromatic rings. The zero-order valence-electron chi connectivity index (χ0n) is 24.7. The van der Waals surface area contributed by atoms with Crippen LogP contribution in [0.15, 0.2) is 68.3 Å². The minimum atomic E-state index is -3.71. The van der Waals surface area contributed by atoms with Crippen LogP contribution in [-0.4, -0.2) is 92.2 Å². The lowest BCUT2D eigenvalue weighted by Gasteiger charge is -2.25. The summed E-state index contributed by atoms with van der Waals surface area (Å²) in [7, 11) is -7.41. The van der Waals surface area contributed by atoms with Gasteiger partial charge in [-0.05, 0) is 49.2 Å². The number of sulfone groups is 2. The first-order valence-electron chi connectivity index (χ1n) is 13.5. The number of hydrogen-bond donors (Lipinski definition) is 2. The summed E-state index contributed by atoms with van der Waals surface area (Å²) in [5, 5.41) is 8.30. The van der Waals surface area contributed by atoms with E-state index in [4.69, 9.17) is 9.68 Å². The number of hydroxylamine groups is 2. The average Bonchev–Trinajstić information content (AvgIpc) is 3.64. The van der Waals surface area contributed by atoms with E-state index in [0.29, 0.717) is 37.9 Å². The summed E-state index contributed by atoms with van der Waals surface area (Å²) < 4.78 is 50.1. The maximum absolute atomic E-state index is 12.9. The number of rotatable bonds is 12. The van der Waals surface area contributed by atoms with Crippen LogP contribution in [0.2, 0.25) is 0 Å². The Kier molecular flexibility index (Phi) is 9.94. The van der Waals surface area contributed by atoms with E-state index in [0.717, 1.165) is 45.9 Å². The van der Waals surface area contributed by atoms with E-state index in [1.165, 1.54) is 12.1 Å². The number of hydrogen-bond acceptors (Lipinski definition) is 14. The number of amidine groups is 2. The smallest absolute Gasteiger partial charge is 0.356 e. The molecule has 0 aliphatic carbocycles. The molecule has 0 bridgehead atoms. The van der Waals surface area contributed by atoms with Gasteiger partial charge in [-0.2, -0.15) is 10.1 Å². The van der Waals surface area contributed by atoms with Gasteiger partial charge in [0, 0.05) is 37.8 Å². The van der Waals surface area contributed by atoms with Crippen LogP contribution in [0.25, 0.3) is 0 Å². The third-order valence-electron chi connectivity index (χ3n) is 6.39. The molecule has 0 spiro atoms. The van der Waals surface area contributed by atoms with Crippen molar-refractivity contribution in [3.8, 4) is 0 Å². The molecule has 14 nitrogen and oxygen atoms in total. The number of carbonyl (C=O) groups is 2. The average molecular weight is 647 g/mol. The number of aliphatic imine (C=N–C) groups is 2. The minimum Gasteiger partial charge on any atom is -0.370 e. The molecule has 0 fully saturated rings. The number of aryl methyl sites for hydroxylation is 2. The monoisotopic (exact) mass is 646 g/mol. The normalized spacial score (nSPS) is 14.8. The molecule has 16 heteroatoms. The fourth-order valence-corrected chi connectivity index (χ4v) is 6.11. The summed E-state index contributed by atoms with van der Waals surface area (Å²) in [5.74, 6) is -1.02. The van der Waals surface area contributed by atoms with E-state index >= 15 is 0 Å². The van der Waals surface area contributed by atoms with Gasteiger partial charge in [0.1, 0.15) is 24.8 Å². The Morgan fingerprint density at radius 2 is 1.14 bits per heavy atom. The van der Waals surface area contributed by atoms with Crippen molar-refractivity contribution in [2.24, 2.45) is 9.98 Å². The van der Waals surface area contributed by atoms with Crippen LogP contribution >= 0.6 is 0 Å². The van der Waals surface area contributed by atoms with Gasteiger partial charge in [0.2, 0.25) is 0 Å². The van der Waals surface area contributed by atoms with Crippen LogP contribution in [0.1, 0.15) is 11.1 Å². The van der Waals surface area contributed by atoms with Gasteiger partial charge in [0.25, 0.3) is 0 Å². The summed E-state index contributed by atoms with van der Waals surface area (Å²) in [6, 6.07) is 9.23. The van der Waals surface area contributed by atoms with Gasteiger partial charge in [0.05, 0.1) is 34.3 Å². The summed E-state index contributed by atoms with van der Waals surface area (Å²) in [5.41, 5.74) is 1.69. The zero-order chi connectivity index (χ0) is 32.1. The molecule has 0 radical (unpaired) electrons. The van der Waals surface area contributed by atoms with E-state index in [1.54, 1.807) is 38.1 Å². The Morgan fingerprint density at radius 1 is 0.750 bits per heavy atom. The second-order valence-corrected chi connectivity index (χ2v) is 14.2. The van der Waals surface area contributed by atoms with Crippen molar-refractivity contribution in [1.82, 2.24) is 10.6 Å².